The van der Waals surface area contributed by atoms with E-state index in [1.54, 1.807) is 23.1 Å². The van der Waals surface area contributed by atoms with Crippen molar-refractivity contribution in [3.63, 3.8) is 0 Å². The van der Waals surface area contributed by atoms with Crippen molar-refractivity contribution >= 4 is 17.3 Å². The van der Waals surface area contributed by atoms with Gasteiger partial charge in [-0.3, -0.25) is 4.79 Å². The third-order valence-corrected chi connectivity index (χ3v) is 4.46. The van der Waals surface area contributed by atoms with Gasteiger partial charge in [0.15, 0.2) is 0 Å². The van der Waals surface area contributed by atoms with Crippen LogP contribution in [0.5, 0.6) is 0 Å². The quantitative estimate of drug-likeness (QED) is 0.881. The Bertz CT molecular complexity index is 729. The molecule has 2 aromatic carbocycles. The van der Waals surface area contributed by atoms with Crippen molar-refractivity contribution in [3.05, 3.63) is 59.4 Å². The fourth-order valence-corrected chi connectivity index (χ4v) is 3.23. The molecule has 1 aliphatic rings. The van der Waals surface area contributed by atoms with E-state index in [0.29, 0.717) is 18.5 Å². The Morgan fingerprint density at radius 3 is 2.83 bits per heavy atom. The van der Waals surface area contributed by atoms with Crippen molar-refractivity contribution < 1.29 is 9.18 Å². The summed E-state index contributed by atoms with van der Waals surface area (Å²) >= 11 is 0. The van der Waals surface area contributed by atoms with E-state index in [-0.39, 0.29) is 17.6 Å². The Morgan fingerprint density at radius 2 is 2.04 bits per heavy atom. The maximum atomic E-state index is 13.8. The van der Waals surface area contributed by atoms with Crippen LogP contribution in [0.25, 0.3) is 0 Å². The first-order valence-electron chi connectivity index (χ1n) is 8.00. The van der Waals surface area contributed by atoms with Crippen LogP contribution in [0.4, 0.5) is 15.8 Å². The zero-order valence-electron chi connectivity index (χ0n) is 13.3. The summed E-state index contributed by atoms with van der Waals surface area (Å²) in [6.45, 7) is 2.55. The third kappa shape index (κ3) is 3.07. The third-order valence-electron chi connectivity index (χ3n) is 4.46. The highest BCUT2D eigenvalue weighted by Crippen LogP contribution is 2.32. The van der Waals surface area contributed by atoms with E-state index >= 15 is 0 Å². The molecular weight excluding hydrogens is 291 g/mol. The molecule has 4 heteroatoms. The van der Waals surface area contributed by atoms with Gasteiger partial charge in [-0.2, -0.15) is 0 Å². The first-order chi connectivity index (χ1) is 11.1. The van der Waals surface area contributed by atoms with Gasteiger partial charge in [-0.1, -0.05) is 31.2 Å². The summed E-state index contributed by atoms with van der Waals surface area (Å²) < 4.78 is 13.8. The molecule has 0 radical (unpaired) electrons. The van der Waals surface area contributed by atoms with E-state index in [9.17, 15) is 9.18 Å². The van der Waals surface area contributed by atoms with Gasteiger partial charge in [0.05, 0.1) is 0 Å². The van der Waals surface area contributed by atoms with Crippen LogP contribution in [0.15, 0.2) is 42.5 Å². The number of fused-ring (bicyclic) bond motifs is 1. The Morgan fingerprint density at radius 1 is 1.26 bits per heavy atom. The SMILES string of the molecule is CC(Cc1ccccc1F)C(=O)N1CCCc2c(N)cccc21. The molecule has 0 bridgehead atoms. The maximum Gasteiger partial charge on any atom is 0.230 e. The molecule has 0 saturated heterocycles. The second-order valence-electron chi connectivity index (χ2n) is 6.13. The largest absolute Gasteiger partial charge is 0.398 e. The van der Waals surface area contributed by atoms with E-state index in [1.807, 2.05) is 25.1 Å². The molecule has 1 heterocycles. The second-order valence-corrected chi connectivity index (χ2v) is 6.13. The molecule has 1 unspecified atom stereocenters. The molecule has 1 amide bonds. The first-order valence-corrected chi connectivity index (χ1v) is 8.00. The van der Waals surface area contributed by atoms with Gasteiger partial charge < -0.3 is 10.6 Å². The lowest BCUT2D eigenvalue weighted by atomic mass is 9.95. The van der Waals surface area contributed by atoms with Crippen LogP contribution in [0.2, 0.25) is 0 Å². The lowest BCUT2D eigenvalue weighted by Gasteiger charge is -2.32. The molecule has 0 aromatic heterocycles. The number of hydrogen-bond donors (Lipinski definition) is 1. The minimum absolute atomic E-state index is 0.0276. The number of benzene rings is 2. The van der Waals surface area contributed by atoms with E-state index in [2.05, 4.69) is 0 Å². The Balaban J connectivity index is 1.82. The molecular formula is C19H21FN2O. The zero-order valence-corrected chi connectivity index (χ0v) is 13.3. The highest BCUT2D eigenvalue weighted by molar-refractivity contribution is 5.96. The van der Waals surface area contributed by atoms with Crippen molar-refractivity contribution in [2.24, 2.45) is 5.92 Å². The fraction of sp³-hybridized carbons (Fsp3) is 0.316. The average Bonchev–Trinajstić information content (AvgIpc) is 2.56. The number of nitrogens with zero attached hydrogens (tertiary/aromatic N) is 1. The summed E-state index contributed by atoms with van der Waals surface area (Å²) in [6, 6.07) is 12.3. The molecule has 120 valence electrons. The van der Waals surface area contributed by atoms with Crippen LogP contribution in [-0.2, 0) is 17.6 Å². The lowest BCUT2D eigenvalue weighted by Crippen LogP contribution is -2.39. The predicted molar refractivity (Wildman–Crippen MR) is 90.8 cm³/mol. The van der Waals surface area contributed by atoms with Crippen molar-refractivity contribution in [1.82, 2.24) is 0 Å². The van der Waals surface area contributed by atoms with Crippen LogP contribution in [0.3, 0.4) is 0 Å². The molecule has 0 saturated carbocycles. The van der Waals surface area contributed by atoms with E-state index in [1.165, 1.54) is 6.07 Å². The smallest absolute Gasteiger partial charge is 0.230 e. The number of carbonyl (C=O) groups excluding carboxylic acids is 1. The second kappa shape index (κ2) is 6.41. The summed E-state index contributed by atoms with van der Waals surface area (Å²) in [7, 11) is 0. The number of carbonyl (C=O) groups is 1. The summed E-state index contributed by atoms with van der Waals surface area (Å²) in [6.07, 6.45) is 2.20. The molecule has 0 fully saturated rings. The molecule has 0 aliphatic carbocycles. The van der Waals surface area contributed by atoms with Gasteiger partial charge in [-0.25, -0.2) is 4.39 Å². The van der Waals surface area contributed by atoms with E-state index < -0.39 is 0 Å². The van der Waals surface area contributed by atoms with Gasteiger partial charge in [0, 0.05) is 23.8 Å². The Kier molecular flexibility index (Phi) is 4.33. The summed E-state index contributed by atoms with van der Waals surface area (Å²) in [5.74, 6) is -0.505. The fourth-order valence-electron chi connectivity index (χ4n) is 3.23. The van der Waals surface area contributed by atoms with Gasteiger partial charge >= 0.3 is 0 Å². The van der Waals surface area contributed by atoms with E-state index in [0.717, 1.165) is 29.8 Å². The number of rotatable bonds is 3. The van der Waals surface area contributed by atoms with Crippen molar-refractivity contribution in [2.45, 2.75) is 26.2 Å². The number of hydrogen-bond acceptors (Lipinski definition) is 2. The standard InChI is InChI=1S/C19H21FN2O/c1-13(12-14-6-2-3-8-16(14)20)19(23)22-11-5-7-15-17(21)9-4-10-18(15)22/h2-4,6,8-10,13H,5,7,11-12,21H2,1H3. The molecule has 2 aromatic rings. The van der Waals surface area contributed by atoms with Crippen LogP contribution in [-0.4, -0.2) is 12.5 Å². The van der Waals surface area contributed by atoms with E-state index in [4.69, 9.17) is 5.73 Å². The van der Waals surface area contributed by atoms with Gasteiger partial charge in [0.2, 0.25) is 5.91 Å². The Hall–Kier alpha value is -2.36. The highest BCUT2D eigenvalue weighted by atomic mass is 19.1. The lowest BCUT2D eigenvalue weighted by molar-refractivity contribution is -0.122. The van der Waals surface area contributed by atoms with Gasteiger partial charge in [-0.15, -0.1) is 0 Å². The topological polar surface area (TPSA) is 46.3 Å². The maximum absolute atomic E-state index is 13.8. The minimum atomic E-state index is -0.278. The molecule has 3 rings (SSSR count). The molecule has 0 spiro atoms. The van der Waals surface area contributed by atoms with Gasteiger partial charge in [-0.05, 0) is 48.6 Å². The van der Waals surface area contributed by atoms with Crippen molar-refractivity contribution in [1.29, 1.82) is 0 Å². The normalized spacial score (nSPS) is 15.1. The summed E-state index contributed by atoms with van der Waals surface area (Å²) in [5, 5.41) is 0. The Labute approximate surface area is 135 Å². The zero-order chi connectivity index (χ0) is 16.4. The first kappa shape index (κ1) is 15.5. The van der Waals surface area contributed by atoms with Gasteiger partial charge in [0.25, 0.3) is 0 Å². The minimum Gasteiger partial charge on any atom is -0.398 e. The number of anilines is 2. The number of nitrogen functional groups attached to an aromatic ring is 1. The summed E-state index contributed by atoms with van der Waals surface area (Å²) in [5.41, 5.74) is 9.31. The monoisotopic (exact) mass is 312 g/mol. The molecule has 2 N–H and O–H groups in total. The number of amides is 1. The predicted octanol–water partition coefficient (Wildman–Crippen LogP) is 3.57. The molecule has 3 nitrogen and oxygen atoms in total. The highest BCUT2D eigenvalue weighted by Gasteiger charge is 2.27. The molecule has 1 atom stereocenters. The molecule has 1 aliphatic heterocycles. The number of halogens is 1. The van der Waals surface area contributed by atoms with Gasteiger partial charge in [0.1, 0.15) is 5.82 Å². The van der Waals surface area contributed by atoms with Crippen LogP contribution in [0, 0.1) is 11.7 Å². The van der Waals surface area contributed by atoms with Crippen LogP contribution < -0.4 is 10.6 Å². The molecule has 23 heavy (non-hydrogen) atoms. The average molecular weight is 312 g/mol. The van der Waals surface area contributed by atoms with Crippen LogP contribution in [0.1, 0.15) is 24.5 Å². The van der Waals surface area contributed by atoms with Crippen LogP contribution >= 0.6 is 0 Å². The number of nitrogens with two attached hydrogens (primary N) is 1. The van der Waals surface area contributed by atoms with Crippen molar-refractivity contribution in [3.8, 4) is 0 Å². The van der Waals surface area contributed by atoms with Crippen molar-refractivity contribution in [2.75, 3.05) is 17.2 Å². The summed E-state index contributed by atoms with van der Waals surface area (Å²) in [4.78, 5) is 14.7.